The Bertz CT molecular complexity index is 203. The van der Waals surface area contributed by atoms with Gasteiger partial charge in [-0.3, -0.25) is 4.79 Å². The van der Waals surface area contributed by atoms with Crippen LogP contribution in [0, 0.1) is 11.8 Å². The van der Waals surface area contributed by atoms with Crippen molar-refractivity contribution in [2.45, 2.75) is 46.1 Å². The van der Waals surface area contributed by atoms with Gasteiger partial charge in [-0.1, -0.05) is 20.8 Å². The largest absolute Gasteiger partial charge is 0.352 e. The molecule has 0 aromatic carbocycles. The molecule has 1 amide bonds. The standard InChI is InChI=1S/C12H24N2O.ClH/c1-9(2)6-10(3)7-12(15)14-11-4-5-13-8-11;/h9-11,13H,4-8H2,1-3H3,(H,14,15);1H. The predicted octanol–water partition coefficient (Wildman–Crippen LogP) is 1.96. The van der Waals surface area contributed by atoms with Crippen LogP contribution in [0.1, 0.15) is 40.0 Å². The Kier molecular flexibility index (Phi) is 7.77. The second kappa shape index (κ2) is 7.91. The highest BCUT2D eigenvalue weighted by molar-refractivity contribution is 5.85. The van der Waals surface area contributed by atoms with Crippen LogP contribution in [0.4, 0.5) is 0 Å². The summed E-state index contributed by atoms with van der Waals surface area (Å²) in [6, 6.07) is 0.365. The highest BCUT2D eigenvalue weighted by Crippen LogP contribution is 2.14. The van der Waals surface area contributed by atoms with Gasteiger partial charge in [0.25, 0.3) is 0 Å². The van der Waals surface area contributed by atoms with Crippen molar-refractivity contribution in [1.82, 2.24) is 10.6 Å². The van der Waals surface area contributed by atoms with E-state index in [1.54, 1.807) is 0 Å². The molecule has 3 nitrogen and oxygen atoms in total. The molecule has 4 heteroatoms. The van der Waals surface area contributed by atoms with Gasteiger partial charge in [0.05, 0.1) is 0 Å². The number of rotatable bonds is 5. The third-order valence-electron chi connectivity index (χ3n) is 2.83. The van der Waals surface area contributed by atoms with Crippen molar-refractivity contribution in [1.29, 1.82) is 0 Å². The van der Waals surface area contributed by atoms with E-state index in [9.17, 15) is 4.79 Å². The average molecular weight is 249 g/mol. The number of nitrogens with one attached hydrogen (secondary N) is 2. The Morgan fingerprint density at radius 2 is 2.12 bits per heavy atom. The lowest BCUT2D eigenvalue weighted by Crippen LogP contribution is -2.36. The van der Waals surface area contributed by atoms with E-state index in [-0.39, 0.29) is 18.3 Å². The molecule has 1 rings (SSSR count). The number of carbonyl (C=O) groups excluding carboxylic acids is 1. The van der Waals surface area contributed by atoms with Gasteiger partial charge < -0.3 is 10.6 Å². The first-order valence-corrected chi connectivity index (χ1v) is 6.08. The van der Waals surface area contributed by atoms with Crippen LogP contribution in [-0.2, 0) is 4.79 Å². The molecule has 16 heavy (non-hydrogen) atoms. The van der Waals surface area contributed by atoms with Crippen LogP contribution in [0.25, 0.3) is 0 Å². The quantitative estimate of drug-likeness (QED) is 0.781. The number of carbonyl (C=O) groups is 1. The molecule has 0 aromatic rings. The molecule has 0 aromatic heterocycles. The third kappa shape index (κ3) is 6.33. The molecule has 1 fully saturated rings. The van der Waals surface area contributed by atoms with E-state index in [0.29, 0.717) is 24.3 Å². The Morgan fingerprint density at radius 3 is 2.62 bits per heavy atom. The predicted molar refractivity (Wildman–Crippen MR) is 69.9 cm³/mol. The summed E-state index contributed by atoms with van der Waals surface area (Å²) in [6.07, 6.45) is 2.88. The van der Waals surface area contributed by atoms with E-state index >= 15 is 0 Å². The molecule has 2 unspecified atom stereocenters. The second-order valence-electron chi connectivity index (χ2n) is 5.20. The highest BCUT2D eigenvalue weighted by atomic mass is 35.5. The Morgan fingerprint density at radius 1 is 1.44 bits per heavy atom. The molecule has 1 saturated heterocycles. The van der Waals surface area contributed by atoms with Crippen molar-refractivity contribution in [2.75, 3.05) is 13.1 Å². The van der Waals surface area contributed by atoms with Gasteiger partial charge >= 0.3 is 0 Å². The Balaban J connectivity index is 0.00000225. The van der Waals surface area contributed by atoms with Crippen molar-refractivity contribution in [3.8, 4) is 0 Å². The molecular weight excluding hydrogens is 224 g/mol. The van der Waals surface area contributed by atoms with Gasteiger partial charge in [-0.05, 0) is 31.2 Å². The number of hydrogen-bond donors (Lipinski definition) is 2. The van der Waals surface area contributed by atoms with Crippen molar-refractivity contribution < 1.29 is 4.79 Å². The fraction of sp³-hybridized carbons (Fsp3) is 0.917. The van der Waals surface area contributed by atoms with Crippen LogP contribution in [0.15, 0.2) is 0 Å². The SMILES string of the molecule is CC(C)CC(C)CC(=O)NC1CCNC1.Cl. The van der Waals surface area contributed by atoms with Gasteiger partial charge in [-0.15, -0.1) is 12.4 Å². The fourth-order valence-corrected chi connectivity index (χ4v) is 2.27. The number of halogens is 1. The summed E-state index contributed by atoms with van der Waals surface area (Å²) in [5.41, 5.74) is 0. The van der Waals surface area contributed by atoms with Crippen molar-refractivity contribution in [2.24, 2.45) is 11.8 Å². The average Bonchev–Trinajstić information content (AvgIpc) is 2.53. The number of hydrogen-bond acceptors (Lipinski definition) is 2. The summed E-state index contributed by atoms with van der Waals surface area (Å²) in [4.78, 5) is 11.7. The molecule has 1 heterocycles. The minimum atomic E-state index is 0. The van der Waals surface area contributed by atoms with E-state index in [2.05, 4.69) is 31.4 Å². The van der Waals surface area contributed by atoms with E-state index < -0.39 is 0 Å². The fourth-order valence-electron chi connectivity index (χ4n) is 2.27. The molecule has 0 spiro atoms. The zero-order valence-corrected chi connectivity index (χ0v) is 11.4. The van der Waals surface area contributed by atoms with E-state index in [0.717, 1.165) is 25.9 Å². The molecule has 0 aliphatic carbocycles. The first-order valence-electron chi connectivity index (χ1n) is 6.08. The summed E-state index contributed by atoms with van der Waals surface area (Å²) in [5, 5.41) is 6.33. The van der Waals surface area contributed by atoms with Crippen molar-refractivity contribution in [3.63, 3.8) is 0 Å². The number of amides is 1. The Hall–Kier alpha value is -0.280. The van der Waals surface area contributed by atoms with Crippen LogP contribution in [0.5, 0.6) is 0 Å². The summed E-state index contributed by atoms with van der Waals surface area (Å²) in [6.45, 7) is 8.54. The molecule has 1 aliphatic heterocycles. The lowest BCUT2D eigenvalue weighted by atomic mass is 9.95. The van der Waals surface area contributed by atoms with Crippen molar-refractivity contribution >= 4 is 18.3 Å². The maximum atomic E-state index is 11.7. The smallest absolute Gasteiger partial charge is 0.220 e. The first kappa shape index (κ1) is 15.7. The monoisotopic (exact) mass is 248 g/mol. The van der Waals surface area contributed by atoms with Gasteiger partial charge in [0.1, 0.15) is 0 Å². The minimum absolute atomic E-state index is 0. The third-order valence-corrected chi connectivity index (χ3v) is 2.83. The van der Waals surface area contributed by atoms with Crippen LogP contribution in [-0.4, -0.2) is 25.0 Å². The van der Waals surface area contributed by atoms with Gasteiger partial charge in [-0.25, -0.2) is 0 Å². The van der Waals surface area contributed by atoms with Crippen LogP contribution < -0.4 is 10.6 Å². The van der Waals surface area contributed by atoms with Crippen LogP contribution >= 0.6 is 12.4 Å². The van der Waals surface area contributed by atoms with Gasteiger partial charge in [0.2, 0.25) is 5.91 Å². The lowest BCUT2D eigenvalue weighted by molar-refractivity contribution is -0.122. The molecular formula is C12H25ClN2O. The Labute approximate surface area is 105 Å². The van der Waals surface area contributed by atoms with E-state index in [1.807, 2.05) is 0 Å². The molecule has 1 aliphatic rings. The van der Waals surface area contributed by atoms with Gasteiger partial charge in [-0.2, -0.15) is 0 Å². The van der Waals surface area contributed by atoms with Crippen LogP contribution in [0.2, 0.25) is 0 Å². The lowest BCUT2D eigenvalue weighted by Gasteiger charge is -2.16. The topological polar surface area (TPSA) is 41.1 Å². The maximum Gasteiger partial charge on any atom is 0.220 e. The summed E-state index contributed by atoms with van der Waals surface area (Å²) in [5.74, 6) is 1.40. The normalized spacial score (nSPS) is 21.6. The first-order chi connectivity index (χ1) is 7.08. The van der Waals surface area contributed by atoms with Crippen LogP contribution in [0.3, 0.4) is 0 Å². The summed E-state index contributed by atoms with van der Waals surface area (Å²) < 4.78 is 0. The zero-order chi connectivity index (χ0) is 11.3. The highest BCUT2D eigenvalue weighted by Gasteiger charge is 2.18. The molecule has 0 bridgehead atoms. The minimum Gasteiger partial charge on any atom is -0.352 e. The van der Waals surface area contributed by atoms with Gasteiger partial charge in [0, 0.05) is 19.0 Å². The second-order valence-corrected chi connectivity index (χ2v) is 5.20. The van der Waals surface area contributed by atoms with Gasteiger partial charge in [0.15, 0.2) is 0 Å². The maximum absolute atomic E-state index is 11.7. The molecule has 0 saturated carbocycles. The summed E-state index contributed by atoms with van der Waals surface area (Å²) in [7, 11) is 0. The summed E-state index contributed by atoms with van der Waals surface area (Å²) >= 11 is 0. The molecule has 96 valence electrons. The van der Waals surface area contributed by atoms with E-state index in [4.69, 9.17) is 0 Å². The molecule has 0 radical (unpaired) electrons. The molecule has 2 atom stereocenters. The van der Waals surface area contributed by atoms with E-state index in [1.165, 1.54) is 0 Å². The molecule has 2 N–H and O–H groups in total. The zero-order valence-electron chi connectivity index (χ0n) is 10.6. The van der Waals surface area contributed by atoms with Crippen molar-refractivity contribution in [3.05, 3.63) is 0 Å².